The van der Waals surface area contributed by atoms with Crippen LogP contribution in [0.1, 0.15) is 11.1 Å². The molecule has 0 unspecified atom stereocenters. The van der Waals surface area contributed by atoms with E-state index < -0.39 is 0 Å². The fourth-order valence-electron chi connectivity index (χ4n) is 1.99. The molecule has 0 amide bonds. The summed E-state index contributed by atoms with van der Waals surface area (Å²) in [6, 6.07) is 15.5. The lowest BCUT2D eigenvalue weighted by Crippen LogP contribution is -2.04. The van der Waals surface area contributed by atoms with Gasteiger partial charge in [-0.2, -0.15) is 0 Å². The van der Waals surface area contributed by atoms with Crippen LogP contribution in [0.3, 0.4) is 0 Å². The molecule has 3 heteroatoms. The third-order valence-corrected chi connectivity index (χ3v) is 2.99. The molecular weight excluding hydrogens is 238 g/mol. The molecule has 0 aliphatic rings. The summed E-state index contributed by atoms with van der Waals surface area (Å²) < 4.78 is 5.12. The van der Waals surface area contributed by atoms with Gasteiger partial charge in [0.1, 0.15) is 5.75 Å². The van der Waals surface area contributed by atoms with Crippen molar-refractivity contribution in [1.29, 1.82) is 0 Å². The van der Waals surface area contributed by atoms with Crippen LogP contribution in [0.15, 0.2) is 48.5 Å². The molecule has 19 heavy (non-hydrogen) atoms. The zero-order valence-electron chi connectivity index (χ0n) is 11.1. The van der Waals surface area contributed by atoms with E-state index in [1.165, 1.54) is 5.56 Å². The second-order valence-electron chi connectivity index (χ2n) is 4.42. The molecule has 2 N–H and O–H groups in total. The van der Waals surface area contributed by atoms with Crippen LogP contribution in [0.4, 0.5) is 5.69 Å². The Morgan fingerprint density at radius 2 is 1.95 bits per heavy atom. The summed E-state index contributed by atoms with van der Waals surface area (Å²) in [7, 11) is 1.71. The van der Waals surface area contributed by atoms with Gasteiger partial charge in [0.05, 0.1) is 6.61 Å². The summed E-state index contributed by atoms with van der Waals surface area (Å²) in [6.07, 6.45) is 0.889. The molecule has 0 radical (unpaired) electrons. The second kappa shape index (κ2) is 6.81. The SMILES string of the molecule is COCCc1ccccc1NCc1cccc(O)c1. The number of phenolic OH excluding ortho intramolecular Hbond substituents is 1. The van der Waals surface area contributed by atoms with Gasteiger partial charge in [0.15, 0.2) is 0 Å². The number of benzene rings is 2. The Labute approximate surface area is 113 Å². The predicted octanol–water partition coefficient (Wildman–Crippen LogP) is 3.19. The maximum Gasteiger partial charge on any atom is 0.115 e. The van der Waals surface area contributed by atoms with E-state index in [9.17, 15) is 5.11 Å². The van der Waals surface area contributed by atoms with Gasteiger partial charge in [-0.15, -0.1) is 0 Å². The van der Waals surface area contributed by atoms with Gasteiger partial charge in [0, 0.05) is 19.3 Å². The van der Waals surface area contributed by atoms with Crippen molar-refractivity contribution in [3.8, 4) is 5.75 Å². The Morgan fingerprint density at radius 1 is 1.11 bits per heavy atom. The van der Waals surface area contributed by atoms with Gasteiger partial charge in [-0.05, 0) is 35.7 Å². The van der Waals surface area contributed by atoms with Gasteiger partial charge in [-0.1, -0.05) is 30.3 Å². The summed E-state index contributed by atoms with van der Waals surface area (Å²) in [5, 5.41) is 12.8. The van der Waals surface area contributed by atoms with E-state index >= 15 is 0 Å². The van der Waals surface area contributed by atoms with Crippen molar-refractivity contribution in [3.05, 3.63) is 59.7 Å². The molecule has 0 aliphatic carbocycles. The minimum atomic E-state index is 0.298. The first-order valence-electron chi connectivity index (χ1n) is 6.38. The van der Waals surface area contributed by atoms with E-state index in [0.717, 1.165) is 17.7 Å². The maximum absolute atomic E-state index is 9.44. The van der Waals surface area contributed by atoms with Crippen LogP contribution in [-0.4, -0.2) is 18.8 Å². The zero-order chi connectivity index (χ0) is 13.5. The highest BCUT2D eigenvalue weighted by molar-refractivity contribution is 5.51. The lowest BCUT2D eigenvalue weighted by atomic mass is 10.1. The quantitative estimate of drug-likeness (QED) is 0.835. The van der Waals surface area contributed by atoms with Gasteiger partial charge in [0.2, 0.25) is 0 Å². The molecule has 0 bridgehead atoms. The predicted molar refractivity (Wildman–Crippen MR) is 77.5 cm³/mol. The molecule has 0 fully saturated rings. The van der Waals surface area contributed by atoms with Gasteiger partial charge in [-0.3, -0.25) is 0 Å². The second-order valence-corrected chi connectivity index (χ2v) is 4.42. The summed E-state index contributed by atoms with van der Waals surface area (Å²) in [4.78, 5) is 0. The topological polar surface area (TPSA) is 41.5 Å². The molecule has 0 saturated carbocycles. The molecule has 3 nitrogen and oxygen atoms in total. The standard InChI is InChI=1S/C16H19NO2/c1-19-10-9-14-6-2-3-8-16(14)17-12-13-5-4-7-15(18)11-13/h2-8,11,17-18H,9-10,12H2,1H3. The number of methoxy groups -OCH3 is 1. The fraction of sp³-hybridized carbons (Fsp3) is 0.250. The number of para-hydroxylation sites is 1. The number of hydrogen-bond acceptors (Lipinski definition) is 3. The highest BCUT2D eigenvalue weighted by Crippen LogP contribution is 2.18. The Bertz CT molecular complexity index is 526. The van der Waals surface area contributed by atoms with Crippen molar-refractivity contribution in [1.82, 2.24) is 0 Å². The van der Waals surface area contributed by atoms with Crippen LogP contribution in [0.25, 0.3) is 0 Å². The lowest BCUT2D eigenvalue weighted by Gasteiger charge is -2.12. The van der Waals surface area contributed by atoms with Gasteiger partial charge in [-0.25, -0.2) is 0 Å². The van der Waals surface area contributed by atoms with E-state index in [-0.39, 0.29) is 0 Å². The minimum Gasteiger partial charge on any atom is -0.508 e. The largest absolute Gasteiger partial charge is 0.508 e. The van der Waals surface area contributed by atoms with Crippen molar-refractivity contribution in [2.45, 2.75) is 13.0 Å². The third-order valence-electron chi connectivity index (χ3n) is 2.99. The van der Waals surface area contributed by atoms with Crippen LogP contribution in [0.2, 0.25) is 0 Å². The lowest BCUT2D eigenvalue weighted by molar-refractivity contribution is 0.202. The van der Waals surface area contributed by atoms with Crippen LogP contribution < -0.4 is 5.32 Å². The van der Waals surface area contributed by atoms with Crippen LogP contribution in [-0.2, 0) is 17.7 Å². The smallest absolute Gasteiger partial charge is 0.115 e. The Hall–Kier alpha value is -2.00. The summed E-state index contributed by atoms with van der Waals surface area (Å²) in [6.45, 7) is 1.41. The molecule has 0 spiro atoms. The zero-order valence-corrected chi connectivity index (χ0v) is 11.1. The van der Waals surface area contributed by atoms with Crippen molar-refractivity contribution >= 4 is 5.69 Å². The van der Waals surface area contributed by atoms with Crippen molar-refractivity contribution in [3.63, 3.8) is 0 Å². The molecule has 0 aromatic heterocycles. The Balaban J connectivity index is 2.02. The van der Waals surface area contributed by atoms with Crippen molar-refractivity contribution in [2.24, 2.45) is 0 Å². The fourth-order valence-corrected chi connectivity index (χ4v) is 1.99. The number of anilines is 1. The Morgan fingerprint density at radius 3 is 2.74 bits per heavy atom. The molecular formula is C16H19NO2. The van der Waals surface area contributed by atoms with E-state index in [2.05, 4.69) is 17.4 Å². The first-order valence-corrected chi connectivity index (χ1v) is 6.38. The number of nitrogens with one attached hydrogen (secondary N) is 1. The highest BCUT2D eigenvalue weighted by Gasteiger charge is 2.01. The van der Waals surface area contributed by atoms with Crippen LogP contribution in [0.5, 0.6) is 5.75 Å². The summed E-state index contributed by atoms with van der Waals surface area (Å²) in [5.74, 6) is 0.298. The molecule has 100 valence electrons. The number of rotatable bonds is 6. The first kappa shape index (κ1) is 13.4. The van der Waals surface area contributed by atoms with Gasteiger partial charge >= 0.3 is 0 Å². The molecule has 2 aromatic carbocycles. The molecule has 2 rings (SSSR count). The maximum atomic E-state index is 9.44. The van der Waals surface area contributed by atoms with E-state index in [1.807, 2.05) is 24.3 Å². The number of aromatic hydroxyl groups is 1. The number of ether oxygens (including phenoxy) is 1. The summed E-state index contributed by atoms with van der Waals surface area (Å²) >= 11 is 0. The molecule has 0 atom stereocenters. The number of hydrogen-bond donors (Lipinski definition) is 2. The van der Waals surface area contributed by atoms with Crippen molar-refractivity contribution < 1.29 is 9.84 Å². The highest BCUT2D eigenvalue weighted by atomic mass is 16.5. The monoisotopic (exact) mass is 257 g/mol. The number of phenols is 1. The van der Waals surface area contributed by atoms with Gasteiger partial charge < -0.3 is 15.2 Å². The van der Waals surface area contributed by atoms with Gasteiger partial charge in [0.25, 0.3) is 0 Å². The third kappa shape index (κ3) is 4.00. The van der Waals surface area contributed by atoms with E-state index in [0.29, 0.717) is 18.9 Å². The van der Waals surface area contributed by atoms with E-state index in [1.54, 1.807) is 19.2 Å². The summed E-state index contributed by atoms with van der Waals surface area (Å²) in [5.41, 5.74) is 3.41. The molecule has 0 heterocycles. The average Bonchev–Trinajstić information content (AvgIpc) is 2.44. The Kier molecular flexibility index (Phi) is 4.81. The average molecular weight is 257 g/mol. The van der Waals surface area contributed by atoms with E-state index in [4.69, 9.17) is 4.74 Å². The molecule has 0 aliphatic heterocycles. The minimum absolute atomic E-state index is 0.298. The normalized spacial score (nSPS) is 10.4. The first-order chi connectivity index (χ1) is 9.29. The molecule has 2 aromatic rings. The van der Waals surface area contributed by atoms with Crippen LogP contribution in [0, 0.1) is 0 Å². The van der Waals surface area contributed by atoms with Crippen molar-refractivity contribution in [2.75, 3.05) is 19.0 Å². The van der Waals surface area contributed by atoms with Crippen LogP contribution >= 0.6 is 0 Å². The molecule has 0 saturated heterocycles.